The summed E-state index contributed by atoms with van der Waals surface area (Å²) in [5, 5.41) is 3.08. The van der Waals surface area contributed by atoms with Crippen molar-refractivity contribution in [3.8, 4) is 0 Å². The molecule has 0 aromatic heterocycles. The zero-order chi connectivity index (χ0) is 14.9. The Morgan fingerprint density at radius 1 is 1.29 bits per heavy atom. The number of nitrogens with one attached hydrogen (secondary N) is 1. The maximum absolute atomic E-state index is 11.5. The SMILES string of the molecule is CCCCOC(=O)CNc1ccc(N2CCOCC2)cc1. The van der Waals surface area contributed by atoms with Crippen molar-refractivity contribution in [2.24, 2.45) is 0 Å². The molecule has 0 atom stereocenters. The first-order valence-corrected chi connectivity index (χ1v) is 7.62. The molecule has 1 N–H and O–H groups in total. The van der Waals surface area contributed by atoms with Crippen molar-refractivity contribution in [3.05, 3.63) is 24.3 Å². The minimum absolute atomic E-state index is 0.208. The first kappa shape index (κ1) is 15.6. The van der Waals surface area contributed by atoms with E-state index < -0.39 is 0 Å². The van der Waals surface area contributed by atoms with E-state index in [4.69, 9.17) is 9.47 Å². The quantitative estimate of drug-likeness (QED) is 0.617. The fraction of sp³-hybridized carbons (Fsp3) is 0.562. The molecule has 0 bridgehead atoms. The third-order valence-electron chi connectivity index (χ3n) is 3.44. The molecule has 1 aromatic rings. The Bertz CT molecular complexity index is 428. The van der Waals surface area contributed by atoms with Gasteiger partial charge in [0.15, 0.2) is 0 Å². The van der Waals surface area contributed by atoms with Gasteiger partial charge in [-0.25, -0.2) is 0 Å². The number of hydrogen-bond donors (Lipinski definition) is 1. The Labute approximate surface area is 126 Å². The summed E-state index contributed by atoms with van der Waals surface area (Å²) < 4.78 is 10.4. The number of esters is 1. The molecule has 0 unspecified atom stereocenters. The van der Waals surface area contributed by atoms with Crippen LogP contribution in [0.15, 0.2) is 24.3 Å². The molecule has 1 fully saturated rings. The van der Waals surface area contributed by atoms with E-state index in [1.165, 1.54) is 5.69 Å². The number of carbonyl (C=O) groups is 1. The highest BCUT2D eigenvalue weighted by Gasteiger charge is 2.10. The van der Waals surface area contributed by atoms with Crippen LogP contribution in [-0.2, 0) is 14.3 Å². The van der Waals surface area contributed by atoms with E-state index in [2.05, 4.69) is 29.3 Å². The van der Waals surface area contributed by atoms with Gasteiger partial charge >= 0.3 is 5.97 Å². The summed E-state index contributed by atoms with van der Waals surface area (Å²) >= 11 is 0. The zero-order valence-corrected chi connectivity index (χ0v) is 12.6. The lowest BCUT2D eigenvalue weighted by Gasteiger charge is -2.28. The maximum Gasteiger partial charge on any atom is 0.325 e. The second-order valence-corrected chi connectivity index (χ2v) is 5.07. The van der Waals surface area contributed by atoms with Gasteiger partial charge in [-0.3, -0.25) is 4.79 Å². The average Bonchev–Trinajstić information content (AvgIpc) is 2.54. The van der Waals surface area contributed by atoms with Crippen LogP contribution in [0.4, 0.5) is 11.4 Å². The molecule has 0 radical (unpaired) electrons. The standard InChI is InChI=1S/C16H24N2O3/c1-2-3-10-21-16(19)13-17-14-4-6-15(7-5-14)18-8-11-20-12-9-18/h4-7,17H,2-3,8-13H2,1H3. The molecule has 2 rings (SSSR count). The van der Waals surface area contributed by atoms with E-state index >= 15 is 0 Å². The van der Waals surface area contributed by atoms with Crippen molar-refractivity contribution in [1.82, 2.24) is 0 Å². The minimum Gasteiger partial charge on any atom is -0.464 e. The molecule has 0 spiro atoms. The summed E-state index contributed by atoms with van der Waals surface area (Å²) in [4.78, 5) is 13.8. The topological polar surface area (TPSA) is 50.8 Å². The van der Waals surface area contributed by atoms with Gasteiger partial charge in [0.1, 0.15) is 6.54 Å². The number of nitrogens with zero attached hydrogens (tertiary/aromatic N) is 1. The molecule has 5 heteroatoms. The van der Waals surface area contributed by atoms with Gasteiger partial charge in [-0.1, -0.05) is 13.3 Å². The summed E-state index contributed by atoms with van der Waals surface area (Å²) in [6, 6.07) is 8.11. The number of benzene rings is 1. The predicted octanol–water partition coefficient (Wildman–Crippen LogP) is 2.28. The summed E-state index contributed by atoms with van der Waals surface area (Å²) in [7, 11) is 0. The summed E-state index contributed by atoms with van der Waals surface area (Å²) in [5.41, 5.74) is 2.12. The highest BCUT2D eigenvalue weighted by Crippen LogP contribution is 2.18. The first-order valence-electron chi connectivity index (χ1n) is 7.62. The average molecular weight is 292 g/mol. The Balaban J connectivity index is 1.75. The number of unbranched alkanes of at least 4 members (excludes halogenated alkanes) is 1. The maximum atomic E-state index is 11.5. The van der Waals surface area contributed by atoms with Crippen molar-refractivity contribution >= 4 is 17.3 Å². The van der Waals surface area contributed by atoms with Gasteiger partial charge in [-0.15, -0.1) is 0 Å². The molecule has 0 aliphatic carbocycles. The van der Waals surface area contributed by atoms with Crippen molar-refractivity contribution in [1.29, 1.82) is 0 Å². The summed E-state index contributed by atoms with van der Waals surface area (Å²) in [6.07, 6.45) is 1.95. The van der Waals surface area contributed by atoms with E-state index in [1.54, 1.807) is 0 Å². The second-order valence-electron chi connectivity index (χ2n) is 5.07. The number of hydrogen-bond acceptors (Lipinski definition) is 5. The van der Waals surface area contributed by atoms with Crippen molar-refractivity contribution in [3.63, 3.8) is 0 Å². The van der Waals surface area contributed by atoms with Crippen molar-refractivity contribution in [2.45, 2.75) is 19.8 Å². The van der Waals surface area contributed by atoms with Gasteiger partial charge in [-0.2, -0.15) is 0 Å². The van der Waals surface area contributed by atoms with Crippen molar-refractivity contribution < 1.29 is 14.3 Å². The number of carbonyl (C=O) groups excluding carboxylic acids is 1. The third kappa shape index (κ3) is 5.27. The fourth-order valence-electron chi connectivity index (χ4n) is 2.17. The van der Waals surface area contributed by atoms with E-state index in [0.29, 0.717) is 6.61 Å². The van der Waals surface area contributed by atoms with Crippen molar-refractivity contribution in [2.75, 3.05) is 49.7 Å². The Morgan fingerprint density at radius 3 is 2.67 bits per heavy atom. The van der Waals surface area contributed by atoms with Crippen LogP contribution in [-0.4, -0.2) is 45.4 Å². The summed E-state index contributed by atoms with van der Waals surface area (Å²) in [6.45, 7) is 6.20. The lowest BCUT2D eigenvalue weighted by Crippen LogP contribution is -2.36. The van der Waals surface area contributed by atoms with Crippen LogP contribution in [0.25, 0.3) is 0 Å². The Kier molecular flexibility index (Phi) is 6.34. The molecular formula is C16H24N2O3. The smallest absolute Gasteiger partial charge is 0.325 e. The molecule has 116 valence electrons. The normalized spacial score (nSPS) is 14.8. The molecule has 0 amide bonds. The fourth-order valence-corrected chi connectivity index (χ4v) is 2.17. The van der Waals surface area contributed by atoms with E-state index in [0.717, 1.165) is 44.8 Å². The number of anilines is 2. The molecular weight excluding hydrogens is 268 g/mol. The second kappa shape index (κ2) is 8.52. The molecule has 1 aliphatic rings. The molecule has 1 aromatic carbocycles. The molecule has 1 heterocycles. The number of morpholine rings is 1. The van der Waals surface area contributed by atoms with E-state index in [1.807, 2.05) is 12.1 Å². The lowest BCUT2D eigenvalue weighted by atomic mass is 10.2. The van der Waals surface area contributed by atoms with Gasteiger partial charge in [0.2, 0.25) is 0 Å². The Morgan fingerprint density at radius 2 is 2.00 bits per heavy atom. The van der Waals surface area contributed by atoms with Gasteiger partial charge < -0.3 is 19.7 Å². The molecule has 5 nitrogen and oxygen atoms in total. The van der Waals surface area contributed by atoms with Gasteiger partial charge in [0, 0.05) is 24.5 Å². The third-order valence-corrected chi connectivity index (χ3v) is 3.44. The lowest BCUT2D eigenvalue weighted by molar-refractivity contribution is -0.141. The number of rotatable bonds is 7. The first-order chi connectivity index (χ1) is 10.3. The molecule has 21 heavy (non-hydrogen) atoms. The number of ether oxygens (including phenoxy) is 2. The van der Waals surface area contributed by atoms with Crippen LogP contribution in [0, 0.1) is 0 Å². The van der Waals surface area contributed by atoms with Crippen LogP contribution < -0.4 is 10.2 Å². The predicted molar refractivity (Wildman–Crippen MR) is 83.8 cm³/mol. The molecule has 1 aliphatic heterocycles. The van der Waals surface area contributed by atoms with Crippen LogP contribution in [0.5, 0.6) is 0 Å². The van der Waals surface area contributed by atoms with Gasteiger partial charge in [0.05, 0.1) is 19.8 Å². The van der Waals surface area contributed by atoms with Crippen LogP contribution in [0.2, 0.25) is 0 Å². The molecule has 1 saturated heterocycles. The minimum atomic E-state index is -0.208. The van der Waals surface area contributed by atoms with Crippen LogP contribution >= 0.6 is 0 Å². The van der Waals surface area contributed by atoms with E-state index in [9.17, 15) is 4.79 Å². The zero-order valence-electron chi connectivity index (χ0n) is 12.6. The van der Waals surface area contributed by atoms with Crippen LogP contribution in [0.3, 0.4) is 0 Å². The van der Waals surface area contributed by atoms with Gasteiger partial charge in [-0.05, 0) is 30.7 Å². The van der Waals surface area contributed by atoms with Gasteiger partial charge in [0.25, 0.3) is 0 Å². The summed E-state index contributed by atoms with van der Waals surface area (Å²) in [5.74, 6) is -0.208. The highest BCUT2D eigenvalue weighted by molar-refractivity contribution is 5.75. The largest absolute Gasteiger partial charge is 0.464 e. The van der Waals surface area contributed by atoms with Crippen LogP contribution in [0.1, 0.15) is 19.8 Å². The van der Waals surface area contributed by atoms with E-state index in [-0.39, 0.29) is 12.5 Å². The Hall–Kier alpha value is -1.75. The molecule has 0 saturated carbocycles. The highest BCUT2D eigenvalue weighted by atomic mass is 16.5. The monoisotopic (exact) mass is 292 g/mol.